The van der Waals surface area contributed by atoms with Crippen LogP contribution in [0.5, 0.6) is 0 Å². The first-order valence-corrected chi connectivity index (χ1v) is 11.4. The van der Waals surface area contributed by atoms with Crippen molar-refractivity contribution in [1.29, 1.82) is 0 Å². The number of aromatic nitrogens is 4. The molecule has 0 fully saturated rings. The lowest BCUT2D eigenvalue weighted by atomic mass is 9.83. The number of hydrogen-bond acceptors (Lipinski definition) is 8. The fourth-order valence-electron chi connectivity index (χ4n) is 4.12. The molecule has 0 amide bonds. The minimum atomic E-state index is -0.757. The molecule has 0 aliphatic carbocycles. The van der Waals surface area contributed by atoms with Gasteiger partial charge in [-0.25, -0.2) is 14.6 Å². The fourth-order valence-corrected chi connectivity index (χ4v) is 4.12. The molecule has 1 atom stereocenters. The summed E-state index contributed by atoms with van der Waals surface area (Å²) >= 11 is 0. The van der Waals surface area contributed by atoms with Crippen molar-refractivity contribution in [2.45, 2.75) is 26.3 Å². The third-order valence-electron chi connectivity index (χ3n) is 5.80. The molecule has 0 bridgehead atoms. The van der Waals surface area contributed by atoms with Gasteiger partial charge in [0.25, 0.3) is 0 Å². The summed E-state index contributed by atoms with van der Waals surface area (Å²) in [7, 11) is 1.30. The summed E-state index contributed by atoms with van der Waals surface area (Å²) in [6.45, 7) is 4.33. The number of imidazole rings is 1. The van der Waals surface area contributed by atoms with Gasteiger partial charge in [-0.05, 0) is 43.2 Å². The summed E-state index contributed by atoms with van der Waals surface area (Å²) in [5.41, 5.74) is 4.35. The zero-order chi connectivity index (χ0) is 25.5. The van der Waals surface area contributed by atoms with Gasteiger partial charge in [0.2, 0.25) is 0 Å². The number of esters is 2. The van der Waals surface area contributed by atoms with Gasteiger partial charge in [-0.15, -0.1) is 0 Å². The van der Waals surface area contributed by atoms with Gasteiger partial charge in [0.15, 0.2) is 0 Å². The summed E-state index contributed by atoms with van der Waals surface area (Å²) in [5.74, 6) is -1.86. The fraction of sp³-hybridized carbons (Fsp3) is 0.222. The predicted molar refractivity (Wildman–Crippen MR) is 133 cm³/mol. The maximum atomic E-state index is 13.2. The monoisotopic (exact) mass is 485 g/mol. The number of ether oxygens (including phenoxy) is 2. The Bertz CT molecular complexity index is 1310. The highest BCUT2D eigenvalue weighted by Gasteiger charge is 2.38. The average Bonchev–Trinajstić information content (AvgIpc) is 3.40. The summed E-state index contributed by atoms with van der Waals surface area (Å²) in [4.78, 5) is 29.8. The molecule has 36 heavy (non-hydrogen) atoms. The molecular weight excluding hydrogens is 458 g/mol. The lowest BCUT2D eigenvalue weighted by Gasteiger charge is -2.29. The zero-order valence-corrected chi connectivity index (χ0v) is 20.3. The smallest absolute Gasteiger partial charge is 0.337 e. The molecule has 1 N–H and O–H groups in total. The van der Waals surface area contributed by atoms with Crippen molar-refractivity contribution in [3.05, 3.63) is 107 Å². The van der Waals surface area contributed by atoms with Crippen LogP contribution in [0.15, 0.2) is 89.9 Å². The molecule has 3 heterocycles. The van der Waals surface area contributed by atoms with Gasteiger partial charge >= 0.3 is 11.9 Å². The van der Waals surface area contributed by atoms with E-state index in [9.17, 15) is 9.59 Å². The molecule has 1 aromatic carbocycles. The largest absolute Gasteiger partial charge is 0.466 e. The van der Waals surface area contributed by atoms with Gasteiger partial charge in [0.05, 0.1) is 36.2 Å². The van der Waals surface area contributed by atoms with E-state index in [-0.39, 0.29) is 6.61 Å². The van der Waals surface area contributed by atoms with Gasteiger partial charge in [-0.1, -0.05) is 30.3 Å². The lowest BCUT2D eigenvalue weighted by Crippen LogP contribution is -2.32. The van der Waals surface area contributed by atoms with Crippen LogP contribution in [0.4, 0.5) is 0 Å². The van der Waals surface area contributed by atoms with E-state index < -0.39 is 17.9 Å². The van der Waals surface area contributed by atoms with Crippen molar-refractivity contribution in [3.8, 4) is 0 Å². The number of dihydropyridines is 1. The number of allylic oxidation sites excluding steroid dienone is 2. The highest BCUT2D eigenvalue weighted by atomic mass is 16.5. The number of nitrogens with one attached hydrogen (secondary N) is 1. The van der Waals surface area contributed by atoms with Crippen LogP contribution in [0.1, 0.15) is 36.6 Å². The quantitative estimate of drug-likeness (QED) is 0.484. The number of carbonyl (C=O) groups is 2. The van der Waals surface area contributed by atoms with Crippen LogP contribution >= 0.6 is 0 Å². The average molecular weight is 486 g/mol. The lowest BCUT2D eigenvalue weighted by molar-refractivity contribution is -0.138. The van der Waals surface area contributed by atoms with E-state index >= 15 is 0 Å². The molecule has 1 aliphatic heterocycles. The summed E-state index contributed by atoms with van der Waals surface area (Å²) in [5, 5.41) is 11.2. The van der Waals surface area contributed by atoms with Gasteiger partial charge in [0.1, 0.15) is 6.61 Å². The van der Waals surface area contributed by atoms with E-state index in [1.54, 1.807) is 44.6 Å². The molecular formula is C27H27N5O4. The Kier molecular flexibility index (Phi) is 7.69. The van der Waals surface area contributed by atoms with E-state index in [0.717, 1.165) is 17.7 Å². The minimum Gasteiger partial charge on any atom is -0.466 e. The van der Waals surface area contributed by atoms with Crippen LogP contribution in [0.2, 0.25) is 0 Å². The first kappa shape index (κ1) is 24.6. The van der Waals surface area contributed by atoms with Crippen molar-refractivity contribution >= 4 is 18.0 Å². The molecule has 1 aliphatic rings. The Labute approximate surface area is 209 Å². The van der Waals surface area contributed by atoms with E-state index in [4.69, 9.17) is 9.47 Å². The third-order valence-corrected chi connectivity index (χ3v) is 5.80. The number of carbonyl (C=O) groups excluding carboxylic acids is 2. The van der Waals surface area contributed by atoms with E-state index in [1.165, 1.54) is 13.3 Å². The maximum Gasteiger partial charge on any atom is 0.337 e. The van der Waals surface area contributed by atoms with Crippen LogP contribution < -0.4 is 5.32 Å². The molecule has 3 aromatic rings. The zero-order valence-electron chi connectivity index (χ0n) is 20.3. The number of benzene rings is 1. The molecule has 2 aromatic heterocycles. The SMILES string of the molecule is COC(=O)C1=C(C)NC(C)=C(C(=O)OCC=Cc2ccc(Cn3ccnc3)cc2)C1c1cccnn1. The second-order valence-corrected chi connectivity index (χ2v) is 8.25. The van der Waals surface area contributed by atoms with Crippen LogP contribution in [0, 0.1) is 0 Å². The van der Waals surface area contributed by atoms with Crippen molar-refractivity contribution < 1.29 is 19.1 Å². The molecule has 184 valence electrons. The van der Waals surface area contributed by atoms with E-state index in [0.29, 0.717) is 28.2 Å². The molecule has 0 spiro atoms. The molecule has 1 unspecified atom stereocenters. The number of nitrogens with zero attached hydrogens (tertiary/aromatic N) is 4. The molecule has 9 nitrogen and oxygen atoms in total. The normalized spacial score (nSPS) is 15.7. The van der Waals surface area contributed by atoms with Crippen molar-refractivity contribution in [2.75, 3.05) is 13.7 Å². The number of hydrogen-bond donors (Lipinski definition) is 1. The van der Waals surface area contributed by atoms with Crippen LogP contribution in [0.3, 0.4) is 0 Å². The number of methoxy groups -OCH3 is 1. The van der Waals surface area contributed by atoms with Crippen molar-refractivity contribution in [2.24, 2.45) is 0 Å². The van der Waals surface area contributed by atoms with Crippen molar-refractivity contribution in [1.82, 2.24) is 25.1 Å². The standard InChI is InChI=1S/C27H27N5O4/c1-18-23(26(33)35-3)25(22-7-4-12-29-31-22)24(19(2)30-18)27(34)36-15-5-6-20-8-10-21(11-9-20)16-32-14-13-28-17-32/h4-14,17,25,30H,15-16H2,1-3H3. The summed E-state index contributed by atoms with van der Waals surface area (Å²) in [6.07, 6.45) is 10.6. The minimum absolute atomic E-state index is 0.0653. The topological polar surface area (TPSA) is 108 Å². The third kappa shape index (κ3) is 5.57. The second kappa shape index (κ2) is 11.3. The predicted octanol–water partition coefficient (Wildman–Crippen LogP) is 3.39. The Balaban J connectivity index is 1.45. The van der Waals surface area contributed by atoms with E-state index in [1.807, 2.05) is 41.1 Å². The van der Waals surface area contributed by atoms with Gasteiger partial charge in [-0.2, -0.15) is 10.2 Å². The van der Waals surface area contributed by atoms with Gasteiger partial charge < -0.3 is 19.4 Å². The highest BCUT2D eigenvalue weighted by molar-refractivity contribution is 5.99. The number of rotatable bonds is 8. The van der Waals surface area contributed by atoms with Crippen LogP contribution in [0.25, 0.3) is 6.08 Å². The molecule has 0 saturated heterocycles. The maximum absolute atomic E-state index is 13.2. The van der Waals surface area contributed by atoms with Crippen LogP contribution in [-0.4, -0.2) is 45.4 Å². The Hall–Kier alpha value is -4.53. The van der Waals surface area contributed by atoms with Gasteiger partial charge in [-0.3, -0.25) is 0 Å². The Morgan fingerprint density at radius 2 is 1.81 bits per heavy atom. The molecule has 0 radical (unpaired) electrons. The van der Waals surface area contributed by atoms with E-state index in [2.05, 4.69) is 20.5 Å². The molecule has 0 saturated carbocycles. The van der Waals surface area contributed by atoms with Crippen molar-refractivity contribution in [3.63, 3.8) is 0 Å². The summed E-state index contributed by atoms with van der Waals surface area (Å²) < 4.78 is 12.5. The van der Waals surface area contributed by atoms with Gasteiger partial charge in [0, 0.05) is 36.5 Å². The Morgan fingerprint density at radius 3 is 2.44 bits per heavy atom. The first-order chi connectivity index (χ1) is 17.5. The first-order valence-electron chi connectivity index (χ1n) is 11.4. The molecule has 4 rings (SSSR count). The van der Waals surface area contributed by atoms with Crippen LogP contribution in [-0.2, 0) is 25.6 Å². The second-order valence-electron chi connectivity index (χ2n) is 8.25. The molecule has 9 heteroatoms. The summed E-state index contributed by atoms with van der Waals surface area (Å²) in [6, 6.07) is 11.5. The highest BCUT2D eigenvalue weighted by Crippen LogP contribution is 2.38. The Morgan fingerprint density at radius 1 is 1.06 bits per heavy atom.